The second-order valence-corrected chi connectivity index (χ2v) is 4.14. The summed E-state index contributed by atoms with van der Waals surface area (Å²) in [4.78, 5) is 10.8. The molecule has 0 saturated carbocycles. The van der Waals surface area contributed by atoms with Crippen molar-refractivity contribution >= 4 is 21.8 Å². The van der Waals surface area contributed by atoms with E-state index in [0.717, 1.165) is 10.0 Å². The highest BCUT2D eigenvalue weighted by Crippen LogP contribution is 2.21. The smallest absolute Gasteiger partial charge is 0.234 e. The van der Waals surface area contributed by atoms with Crippen molar-refractivity contribution in [2.75, 3.05) is 0 Å². The van der Waals surface area contributed by atoms with Gasteiger partial charge in [0.15, 0.2) is 0 Å². The number of carbonyl (C=O) groups excluding carboxylic acids is 1. The highest BCUT2D eigenvalue weighted by molar-refractivity contribution is 9.10. The number of benzene rings is 1. The summed E-state index contributed by atoms with van der Waals surface area (Å²) in [5.41, 5.74) is 5.98. The van der Waals surface area contributed by atoms with Crippen LogP contribution in [0.25, 0.3) is 0 Å². The fourth-order valence-corrected chi connectivity index (χ4v) is 1.45. The second kappa shape index (κ2) is 5.14. The van der Waals surface area contributed by atoms with Crippen LogP contribution in [0.2, 0.25) is 0 Å². The molecule has 0 aliphatic rings. The minimum absolute atomic E-state index is 0.196. The molecule has 1 amide bonds. The van der Waals surface area contributed by atoms with Crippen molar-refractivity contribution in [3.05, 3.63) is 28.2 Å². The molecule has 1 rings (SSSR count). The van der Waals surface area contributed by atoms with E-state index in [9.17, 15) is 9.90 Å². The molecule has 0 aromatic heterocycles. The Labute approximate surface area is 96.6 Å². The van der Waals surface area contributed by atoms with E-state index in [1.165, 1.54) is 0 Å². The molecule has 1 aromatic carbocycles. The number of nitrogens with one attached hydrogen (secondary N) is 1. The van der Waals surface area contributed by atoms with Crippen molar-refractivity contribution in [3.63, 3.8) is 0 Å². The van der Waals surface area contributed by atoms with E-state index in [1.807, 2.05) is 0 Å². The maximum Gasteiger partial charge on any atom is 0.234 e. The first kappa shape index (κ1) is 12.0. The van der Waals surface area contributed by atoms with Crippen LogP contribution < -0.4 is 11.1 Å². The van der Waals surface area contributed by atoms with Gasteiger partial charge in [-0.3, -0.25) is 4.79 Å². The van der Waals surface area contributed by atoms with E-state index < -0.39 is 5.91 Å². The summed E-state index contributed by atoms with van der Waals surface area (Å²) < 4.78 is 0.879. The molecule has 0 fully saturated rings. The molecule has 4 nitrogen and oxygen atoms in total. The predicted molar refractivity (Wildman–Crippen MR) is 61.3 cm³/mol. The molecule has 0 aliphatic carbocycles. The Morgan fingerprint density at radius 3 is 2.93 bits per heavy atom. The summed E-state index contributed by atoms with van der Waals surface area (Å²) in [6.45, 7) is 2.16. The lowest BCUT2D eigenvalue weighted by Crippen LogP contribution is -2.38. The molecule has 0 unspecified atom stereocenters. The molecule has 0 aliphatic heterocycles. The van der Waals surface area contributed by atoms with E-state index in [1.54, 1.807) is 25.1 Å². The lowest BCUT2D eigenvalue weighted by molar-refractivity contribution is -0.119. The van der Waals surface area contributed by atoms with Gasteiger partial charge in [0.25, 0.3) is 0 Å². The number of carbonyl (C=O) groups is 1. The number of hydrogen-bond donors (Lipinski definition) is 3. The van der Waals surface area contributed by atoms with Crippen molar-refractivity contribution in [3.8, 4) is 5.75 Å². The molecule has 4 N–H and O–H groups in total. The van der Waals surface area contributed by atoms with Crippen molar-refractivity contribution in [1.82, 2.24) is 5.32 Å². The van der Waals surface area contributed by atoms with Gasteiger partial charge < -0.3 is 16.2 Å². The normalized spacial score (nSPS) is 12.4. The van der Waals surface area contributed by atoms with E-state index in [4.69, 9.17) is 5.73 Å². The number of hydrogen-bond acceptors (Lipinski definition) is 3. The molecule has 1 aromatic rings. The summed E-state index contributed by atoms with van der Waals surface area (Å²) in [5, 5.41) is 12.2. The van der Waals surface area contributed by atoms with E-state index >= 15 is 0 Å². The number of rotatable bonds is 4. The van der Waals surface area contributed by atoms with Gasteiger partial charge in [0.1, 0.15) is 5.75 Å². The molecule has 0 radical (unpaired) electrons. The zero-order valence-corrected chi connectivity index (χ0v) is 9.91. The third-order valence-electron chi connectivity index (χ3n) is 2.05. The third kappa shape index (κ3) is 3.53. The van der Waals surface area contributed by atoms with Crippen LogP contribution in [0.1, 0.15) is 12.5 Å². The zero-order valence-electron chi connectivity index (χ0n) is 8.33. The van der Waals surface area contributed by atoms with E-state index in [2.05, 4.69) is 21.2 Å². The number of amides is 1. The molecular formula is C10H13BrN2O2. The third-order valence-corrected chi connectivity index (χ3v) is 2.83. The Kier molecular flexibility index (Phi) is 4.11. The Balaban J connectivity index is 2.65. The summed E-state index contributed by atoms with van der Waals surface area (Å²) >= 11 is 3.35. The number of primary amides is 1. The van der Waals surface area contributed by atoms with Gasteiger partial charge in [-0.2, -0.15) is 0 Å². The van der Waals surface area contributed by atoms with E-state index in [-0.39, 0.29) is 11.8 Å². The maximum atomic E-state index is 10.8. The molecule has 0 spiro atoms. The first-order chi connectivity index (χ1) is 7.00. The SMILES string of the molecule is C[C@H](NCc1cc(O)ccc1Br)C(N)=O. The molecule has 1 atom stereocenters. The van der Waals surface area contributed by atoms with Crippen LogP contribution >= 0.6 is 15.9 Å². The number of aromatic hydroxyl groups is 1. The van der Waals surface area contributed by atoms with Crippen LogP contribution in [0.4, 0.5) is 0 Å². The molecule has 0 bridgehead atoms. The van der Waals surface area contributed by atoms with Crippen LogP contribution in [-0.4, -0.2) is 17.1 Å². The summed E-state index contributed by atoms with van der Waals surface area (Å²) in [6, 6.07) is 4.58. The van der Waals surface area contributed by atoms with Gasteiger partial charge in [0.05, 0.1) is 6.04 Å². The van der Waals surface area contributed by atoms with Crippen molar-refractivity contribution in [1.29, 1.82) is 0 Å². The highest BCUT2D eigenvalue weighted by atomic mass is 79.9. The summed E-state index contributed by atoms with van der Waals surface area (Å²) in [5.74, 6) is -0.201. The van der Waals surface area contributed by atoms with Crippen LogP contribution in [0.5, 0.6) is 5.75 Å². The highest BCUT2D eigenvalue weighted by Gasteiger charge is 2.08. The van der Waals surface area contributed by atoms with Crippen molar-refractivity contribution in [2.45, 2.75) is 19.5 Å². The van der Waals surface area contributed by atoms with Gasteiger partial charge >= 0.3 is 0 Å². The molecule has 0 heterocycles. The Morgan fingerprint density at radius 1 is 1.67 bits per heavy atom. The Morgan fingerprint density at radius 2 is 2.33 bits per heavy atom. The monoisotopic (exact) mass is 272 g/mol. The number of nitrogens with two attached hydrogens (primary N) is 1. The predicted octanol–water partition coefficient (Wildman–Crippen LogP) is 1.12. The zero-order chi connectivity index (χ0) is 11.4. The maximum absolute atomic E-state index is 10.8. The fraction of sp³-hybridized carbons (Fsp3) is 0.300. The number of phenolic OH excluding ortho intramolecular Hbond substituents is 1. The number of phenols is 1. The van der Waals surface area contributed by atoms with Gasteiger partial charge in [-0.05, 0) is 30.7 Å². The van der Waals surface area contributed by atoms with E-state index in [0.29, 0.717) is 6.54 Å². The summed E-state index contributed by atoms with van der Waals surface area (Å²) in [6.07, 6.45) is 0. The summed E-state index contributed by atoms with van der Waals surface area (Å²) in [7, 11) is 0. The molecule has 82 valence electrons. The Bertz CT molecular complexity index is 368. The second-order valence-electron chi connectivity index (χ2n) is 3.28. The van der Waals surface area contributed by atoms with Crippen LogP contribution in [0, 0.1) is 0 Å². The molecule has 15 heavy (non-hydrogen) atoms. The van der Waals surface area contributed by atoms with Crippen molar-refractivity contribution in [2.24, 2.45) is 5.73 Å². The van der Waals surface area contributed by atoms with Gasteiger partial charge in [-0.25, -0.2) is 0 Å². The van der Waals surface area contributed by atoms with Crippen LogP contribution in [0.15, 0.2) is 22.7 Å². The number of halogens is 1. The molecule has 0 saturated heterocycles. The lowest BCUT2D eigenvalue weighted by Gasteiger charge is -2.11. The van der Waals surface area contributed by atoms with Crippen LogP contribution in [-0.2, 0) is 11.3 Å². The van der Waals surface area contributed by atoms with Gasteiger partial charge in [-0.1, -0.05) is 15.9 Å². The van der Waals surface area contributed by atoms with Gasteiger partial charge in [0, 0.05) is 11.0 Å². The van der Waals surface area contributed by atoms with Crippen molar-refractivity contribution < 1.29 is 9.90 Å². The average Bonchev–Trinajstić information content (AvgIpc) is 2.18. The van der Waals surface area contributed by atoms with Crippen LogP contribution in [0.3, 0.4) is 0 Å². The lowest BCUT2D eigenvalue weighted by atomic mass is 10.2. The molecular weight excluding hydrogens is 260 g/mol. The quantitative estimate of drug-likeness (QED) is 0.769. The largest absolute Gasteiger partial charge is 0.508 e. The molecule has 5 heteroatoms. The fourth-order valence-electron chi connectivity index (χ4n) is 1.06. The standard InChI is InChI=1S/C10H13BrN2O2/c1-6(10(12)15)13-5-7-4-8(14)2-3-9(7)11/h2-4,6,13-14H,5H2,1H3,(H2,12,15)/t6-/m0/s1. The van der Waals surface area contributed by atoms with Gasteiger partial charge in [0.2, 0.25) is 5.91 Å². The first-order valence-electron chi connectivity index (χ1n) is 4.51. The van der Waals surface area contributed by atoms with Gasteiger partial charge in [-0.15, -0.1) is 0 Å². The Hall–Kier alpha value is -1.07. The minimum Gasteiger partial charge on any atom is -0.508 e. The topological polar surface area (TPSA) is 75.3 Å². The average molecular weight is 273 g/mol. The minimum atomic E-state index is -0.397. The first-order valence-corrected chi connectivity index (χ1v) is 5.30.